The molecule has 0 saturated heterocycles. The normalized spacial score (nSPS) is 8.00. The van der Waals surface area contributed by atoms with Crippen LogP contribution in [-0.2, 0) is 21.7 Å². The second kappa shape index (κ2) is 49.9. The van der Waals surface area contributed by atoms with Crippen LogP contribution in [0.1, 0.15) is 58.3 Å². The first kappa shape index (κ1) is 33.2. The number of aliphatic hydroxyl groups is 1. The standard InChI is InChI=1S/C10H22O.3C2H6N.Ti/c1-2-3-4-5-6-7-8-9-10-11;3*1-3-2;/h11H,2-10H2,1H3;3*1-2H3;/q;3*-1;+3. The molecule has 0 atom stereocenters. The van der Waals surface area contributed by atoms with Crippen LogP contribution in [0.25, 0.3) is 16.0 Å². The maximum absolute atomic E-state index is 8.51. The van der Waals surface area contributed by atoms with E-state index < -0.39 is 0 Å². The maximum atomic E-state index is 8.51. The van der Waals surface area contributed by atoms with Gasteiger partial charge in [0.2, 0.25) is 0 Å². The molecular formula is C16H40N3OTi. The van der Waals surface area contributed by atoms with Crippen molar-refractivity contribution < 1.29 is 26.8 Å². The number of hydrogen-bond acceptors (Lipinski definition) is 1. The number of rotatable bonds is 8. The number of nitrogens with zero attached hydrogens (tertiary/aromatic N) is 3. The van der Waals surface area contributed by atoms with Crippen molar-refractivity contribution in [1.29, 1.82) is 0 Å². The van der Waals surface area contributed by atoms with Crippen molar-refractivity contribution in [2.24, 2.45) is 0 Å². The van der Waals surface area contributed by atoms with Crippen molar-refractivity contribution >= 4 is 0 Å². The third-order valence-electron chi connectivity index (χ3n) is 2.01. The fraction of sp³-hybridized carbons (Fsp3) is 1.00. The molecule has 0 bridgehead atoms. The Bertz CT molecular complexity index is 96.8. The third kappa shape index (κ3) is 96.7. The minimum atomic E-state index is 0. The molecule has 0 aliphatic carbocycles. The maximum Gasteiger partial charge on any atom is 3.00 e. The van der Waals surface area contributed by atoms with Crippen molar-refractivity contribution in [3.63, 3.8) is 0 Å². The molecule has 0 aromatic rings. The Morgan fingerprint density at radius 3 is 1.05 bits per heavy atom. The van der Waals surface area contributed by atoms with Gasteiger partial charge in [-0.15, -0.1) is 0 Å². The van der Waals surface area contributed by atoms with Crippen LogP contribution in [-0.4, -0.2) is 54.0 Å². The largest absolute Gasteiger partial charge is 3.00 e. The molecule has 5 heteroatoms. The fourth-order valence-electron chi connectivity index (χ4n) is 1.25. The summed E-state index contributed by atoms with van der Waals surface area (Å²) in [6.07, 6.45) is 10.4. The zero-order chi connectivity index (χ0) is 16.5. The van der Waals surface area contributed by atoms with Crippen molar-refractivity contribution in [3.05, 3.63) is 16.0 Å². The van der Waals surface area contributed by atoms with Crippen LogP contribution in [0.3, 0.4) is 0 Å². The summed E-state index contributed by atoms with van der Waals surface area (Å²) in [6.45, 7) is 2.61. The van der Waals surface area contributed by atoms with Gasteiger partial charge in [-0.1, -0.05) is 51.9 Å². The van der Waals surface area contributed by atoms with Gasteiger partial charge < -0.3 is 21.1 Å². The van der Waals surface area contributed by atoms with Gasteiger partial charge in [0.05, 0.1) is 0 Å². The van der Waals surface area contributed by atoms with Crippen LogP contribution < -0.4 is 0 Å². The van der Waals surface area contributed by atoms with E-state index in [-0.39, 0.29) is 21.7 Å². The monoisotopic (exact) mass is 338 g/mol. The van der Waals surface area contributed by atoms with E-state index in [0.717, 1.165) is 6.42 Å². The van der Waals surface area contributed by atoms with Crippen LogP contribution in [0.5, 0.6) is 0 Å². The van der Waals surface area contributed by atoms with Gasteiger partial charge in [0, 0.05) is 6.61 Å². The van der Waals surface area contributed by atoms with Crippen LogP contribution in [0.15, 0.2) is 0 Å². The Kier molecular flexibility index (Phi) is 78.9. The molecule has 0 spiro atoms. The van der Waals surface area contributed by atoms with E-state index in [4.69, 9.17) is 5.11 Å². The van der Waals surface area contributed by atoms with E-state index in [2.05, 4.69) is 22.9 Å². The van der Waals surface area contributed by atoms with Gasteiger partial charge in [-0.2, -0.15) is 42.3 Å². The summed E-state index contributed by atoms with van der Waals surface area (Å²) >= 11 is 0. The van der Waals surface area contributed by atoms with E-state index in [9.17, 15) is 0 Å². The minimum absolute atomic E-state index is 0. The summed E-state index contributed by atoms with van der Waals surface area (Å²) in [5, 5.41) is 19.0. The Morgan fingerprint density at radius 2 is 0.810 bits per heavy atom. The average Bonchev–Trinajstić information content (AvgIpc) is 2.41. The van der Waals surface area contributed by atoms with Crippen molar-refractivity contribution in [1.82, 2.24) is 0 Å². The summed E-state index contributed by atoms with van der Waals surface area (Å²) in [6, 6.07) is 0. The molecule has 0 fully saturated rings. The molecular weight excluding hydrogens is 298 g/mol. The summed E-state index contributed by atoms with van der Waals surface area (Å²) in [4.78, 5) is 0. The molecule has 0 unspecified atom stereocenters. The first-order valence-electron chi connectivity index (χ1n) is 7.71. The molecule has 0 saturated carbocycles. The van der Waals surface area contributed by atoms with Crippen LogP contribution in [0, 0.1) is 0 Å². The molecule has 0 rings (SSSR count). The van der Waals surface area contributed by atoms with Crippen LogP contribution in [0.4, 0.5) is 0 Å². The van der Waals surface area contributed by atoms with Crippen molar-refractivity contribution in [2.75, 3.05) is 48.9 Å². The third-order valence-corrected chi connectivity index (χ3v) is 2.01. The van der Waals surface area contributed by atoms with Gasteiger partial charge in [0.1, 0.15) is 0 Å². The van der Waals surface area contributed by atoms with Crippen LogP contribution in [0.2, 0.25) is 0 Å². The molecule has 0 aliphatic heterocycles. The minimum Gasteiger partial charge on any atom is -0.668 e. The number of hydrogen-bond donors (Lipinski definition) is 1. The molecule has 0 aliphatic rings. The molecule has 0 heterocycles. The summed E-state index contributed by atoms with van der Waals surface area (Å²) < 4.78 is 0. The SMILES string of the molecule is CCCCCCCCCCO.C[N-]C.C[N-]C.C[N-]C.[Ti+3]. The van der Waals surface area contributed by atoms with Crippen molar-refractivity contribution in [2.45, 2.75) is 58.3 Å². The first-order chi connectivity index (χ1) is 9.66. The van der Waals surface area contributed by atoms with E-state index in [0.29, 0.717) is 6.61 Å². The molecule has 0 aromatic heterocycles. The quantitative estimate of drug-likeness (QED) is 0.492. The molecule has 1 radical (unpaired) electrons. The molecule has 0 amide bonds. The van der Waals surface area contributed by atoms with Gasteiger partial charge in [-0.05, 0) is 6.42 Å². The Balaban J connectivity index is -0.0000000711. The van der Waals surface area contributed by atoms with Gasteiger partial charge in [0.25, 0.3) is 0 Å². The predicted molar refractivity (Wildman–Crippen MR) is 95.3 cm³/mol. The van der Waals surface area contributed by atoms with Gasteiger partial charge in [-0.25, -0.2) is 0 Å². The zero-order valence-electron chi connectivity index (χ0n) is 15.7. The van der Waals surface area contributed by atoms with E-state index in [1.165, 1.54) is 44.9 Å². The first-order valence-corrected chi connectivity index (χ1v) is 7.71. The predicted octanol–water partition coefficient (Wildman–Crippen LogP) is 4.98. The van der Waals surface area contributed by atoms with Gasteiger partial charge in [0.15, 0.2) is 0 Å². The average molecular weight is 338 g/mol. The second-order valence-corrected chi connectivity index (χ2v) is 4.54. The van der Waals surface area contributed by atoms with Gasteiger partial charge in [-0.3, -0.25) is 0 Å². The molecule has 4 nitrogen and oxygen atoms in total. The topological polar surface area (TPSA) is 62.5 Å². The Hall–Kier alpha value is 0.554. The Labute approximate surface area is 150 Å². The second-order valence-electron chi connectivity index (χ2n) is 4.54. The van der Waals surface area contributed by atoms with E-state index >= 15 is 0 Å². The van der Waals surface area contributed by atoms with E-state index in [1.807, 2.05) is 0 Å². The fourth-order valence-corrected chi connectivity index (χ4v) is 1.25. The molecule has 1 N–H and O–H groups in total. The Morgan fingerprint density at radius 1 is 0.571 bits per heavy atom. The zero-order valence-corrected chi connectivity index (χ0v) is 17.2. The molecule has 0 aromatic carbocycles. The van der Waals surface area contributed by atoms with Gasteiger partial charge >= 0.3 is 21.7 Å². The van der Waals surface area contributed by atoms with Crippen LogP contribution >= 0.6 is 0 Å². The summed E-state index contributed by atoms with van der Waals surface area (Å²) in [7, 11) is 10.5. The van der Waals surface area contributed by atoms with Crippen molar-refractivity contribution in [3.8, 4) is 0 Å². The van der Waals surface area contributed by atoms with E-state index in [1.54, 1.807) is 42.3 Å². The number of unbranched alkanes of at least 4 members (excludes halogenated alkanes) is 7. The summed E-state index contributed by atoms with van der Waals surface area (Å²) in [5.41, 5.74) is 0. The smallest absolute Gasteiger partial charge is 0.668 e. The summed E-state index contributed by atoms with van der Waals surface area (Å²) in [5.74, 6) is 0. The molecule has 129 valence electrons. The number of aliphatic hydroxyl groups excluding tert-OH is 1. The molecule has 21 heavy (non-hydrogen) atoms.